The number of aryl methyl sites for hydroxylation is 1. The average molecular weight is 269 g/mol. The second kappa shape index (κ2) is 4.02. The maximum absolute atomic E-state index is 10.5. The van der Waals surface area contributed by atoms with E-state index in [2.05, 4.69) is 20.9 Å². The molecule has 0 aliphatic rings. The summed E-state index contributed by atoms with van der Waals surface area (Å²) in [6, 6.07) is 5.74. The van der Waals surface area contributed by atoms with E-state index in [1.165, 1.54) is 0 Å². The van der Waals surface area contributed by atoms with Crippen LogP contribution in [0.15, 0.2) is 29.1 Å². The van der Waals surface area contributed by atoms with Crippen LogP contribution in [0.1, 0.15) is 12.1 Å². The molecule has 1 N–H and O–H groups in total. The minimum Gasteiger partial charge on any atom is -0.481 e. The molecule has 5 heteroatoms. The van der Waals surface area contributed by atoms with Gasteiger partial charge in [0.25, 0.3) is 0 Å². The maximum atomic E-state index is 10.5. The first kappa shape index (κ1) is 10.2. The molecule has 0 radical (unpaired) electrons. The number of halogens is 1. The highest BCUT2D eigenvalue weighted by atomic mass is 79.9. The summed E-state index contributed by atoms with van der Waals surface area (Å²) in [6.45, 7) is 0. The Labute approximate surface area is 94.7 Å². The minimum atomic E-state index is -0.786. The fourth-order valence-electron chi connectivity index (χ4n) is 1.48. The molecule has 2 rings (SSSR count). The summed E-state index contributed by atoms with van der Waals surface area (Å²) in [5.74, 6) is -0.786. The van der Waals surface area contributed by atoms with Gasteiger partial charge in [0.05, 0.1) is 11.9 Å². The summed E-state index contributed by atoms with van der Waals surface area (Å²) in [7, 11) is 0. The quantitative estimate of drug-likeness (QED) is 0.928. The van der Waals surface area contributed by atoms with Crippen molar-refractivity contribution in [2.24, 2.45) is 0 Å². The van der Waals surface area contributed by atoms with Gasteiger partial charge in [-0.1, -0.05) is 6.07 Å². The molecule has 4 nitrogen and oxygen atoms in total. The zero-order chi connectivity index (χ0) is 10.8. The van der Waals surface area contributed by atoms with Crippen LogP contribution in [0.25, 0.3) is 5.52 Å². The molecule has 0 unspecified atom stereocenters. The van der Waals surface area contributed by atoms with Crippen molar-refractivity contribution < 1.29 is 9.90 Å². The number of carboxylic acid groups (broad SMARTS) is 1. The monoisotopic (exact) mass is 268 g/mol. The van der Waals surface area contributed by atoms with Gasteiger partial charge in [-0.25, -0.2) is 4.98 Å². The molecule has 2 heterocycles. The number of pyridine rings is 1. The lowest BCUT2D eigenvalue weighted by Gasteiger charge is -2.03. The number of aliphatic carboxylic acids is 1. The number of aromatic nitrogens is 2. The first-order valence-electron chi connectivity index (χ1n) is 4.51. The van der Waals surface area contributed by atoms with E-state index in [-0.39, 0.29) is 6.42 Å². The summed E-state index contributed by atoms with van der Waals surface area (Å²) in [5, 5.41) is 8.62. The standard InChI is InChI=1S/C10H9BrN2O2/c11-10-8-3-1-2-7(4-5-9(14)15)13(8)6-12-10/h1-3,6H,4-5H2,(H,14,15). The van der Waals surface area contributed by atoms with Crippen LogP contribution in [0.4, 0.5) is 0 Å². The highest BCUT2D eigenvalue weighted by Gasteiger charge is 2.06. The fourth-order valence-corrected chi connectivity index (χ4v) is 1.90. The third-order valence-electron chi connectivity index (χ3n) is 2.20. The van der Waals surface area contributed by atoms with Crippen molar-refractivity contribution in [3.8, 4) is 0 Å². The molecule has 78 valence electrons. The first-order valence-corrected chi connectivity index (χ1v) is 5.30. The number of imidazole rings is 1. The number of hydrogen-bond donors (Lipinski definition) is 1. The second-order valence-corrected chi connectivity index (χ2v) is 3.95. The predicted octanol–water partition coefficient (Wildman–Crippen LogP) is 2.11. The van der Waals surface area contributed by atoms with Crippen LogP contribution in [0, 0.1) is 0 Å². The summed E-state index contributed by atoms with van der Waals surface area (Å²) in [4.78, 5) is 14.6. The SMILES string of the molecule is O=C(O)CCc1cccc2c(Br)ncn12. The van der Waals surface area contributed by atoms with Gasteiger partial charge in [0.15, 0.2) is 0 Å². The number of carboxylic acids is 1. The normalized spacial score (nSPS) is 10.7. The first-order chi connectivity index (χ1) is 7.18. The molecule has 0 amide bonds. The van der Waals surface area contributed by atoms with Crippen molar-refractivity contribution in [3.63, 3.8) is 0 Å². The van der Waals surface area contributed by atoms with Crippen LogP contribution in [0.5, 0.6) is 0 Å². The number of nitrogens with zero attached hydrogens (tertiary/aromatic N) is 2. The molecule has 2 aromatic rings. The number of fused-ring (bicyclic) bond motifs is 1. The van der Waals surface area contributed by atoms with Gasteiger partial charge >= 0.3 is 5.97 Å². The highest BCUT2D eigenvalue weighted by Crippen LogP contribution is 2.17. The molecule has 0 bridgehead atoms. The van der Waals surface area contributed by atoms with E-state index in [4.69, 9.17) is 5.11 Å². The van der Waals surface area contributed by atoms with Crippen molar-refractivity contribution in [1.82, 2.24) is 9.38 Å². The summed E-state index contributed by atoms with van der Waals surface area (Å²) in [6.07, 6.45) is 2.33. The Morgan fingerprint density at radius 3 is 3.07 bits per heavy atom. The predicted molar refractivity (Wildman–Crippen MR) is 58.8 cm³/mol. The van der Waals surface area contributed by atoms with Crippen molar-refractivity contribution >= 4 is 27.4 Å². The van der Waals surface area contributed by atoms with Gasteiger partial charge in [-0.15, -0.1) is 0 Å². The highest BCUT2D eigenvalue weighted by molar-refractivity contribution is 9.10. The van der Waals surface area contributed by atoms with Crippen LogP contribution in [-0.4, -0.2) is 20.5 Å². The Hall–Kier alpha value is -1.36. The molecular weight excluding hydrogens is 260 g/mol. The molecule has 0 aromatic carbocycles. The Bertz CT molecular complexity index is 507. The largest absolute Gasteiger partial charge is 0.481 e. The third-order valence-corrected chi connectivity index (χ3v) is 2.82. The molecule has 2 aromatic heterocycles. The van der Waals surface area contributed by atoms with Gasteiger partial charge in [0.2, 0.25) is 0 Å². The van der Waals surface area contributed by atoms with Gasteiger partial charge in [0.1, 0.15) is 10.9 Å². The molecule has 0 saturated heterocycles. The number of carbonyl (C=O) groups is 1. The molecule has 0 aliphatic heterocycles. The van der Waals surface area contributed by atoms with Crippen LogP contribution in [0.3, 0.4) is 0 Å². The maximum Gasteiger partial charge on any atom is 0.303 e. The Morgan fingerprint density at radius 1 is 1.53 bits per heavy atom. The van der Waals surface area contributed by atoms with Crippen molar-refractivity contribution in [3.05, 3.63) is 34.8 Å². The lowest BCUT2D eigenvalue weighted by Crippen LogP contribution is -2.01. The van der Waals surface area contributed by atoms with Crippen molar-refractivity contribution in [1.29, 1.82) is 0 Å². The Morgan fingerprint density at radius 2 is 2.33 bits per heavy atom. The zero-order valence-corrected chi connectivity index (χ0v) is 9.44. The van der Waals surface area contributed by atoms with Crippen LogP contribution in [0.2, 0.25) is 0 Å². The van der Waals surface area contributed by atoms with E-state index in [0.29, 0.717) is 6.42 Å². The summed E-state index contributed by atoms with van der Waals surface area (Å²) < 4.78 is 2.67. The van der Waals surface area contributed by atoms with Gasteiger partial charge in [-0.2, -0.15) is 0 Å². The third kappa shape index (κ3) is 2.02. The van der Waals surface area contributed by atoms with Crippen LogP contribution in [-0.2, 0) is 11.2 Å². The molecule has 0 fully saturated rings. The molecular formula is C10H9BrN2O2. The van der Waals surface area contributed by atoms with Crippen molar-refractivity contribution in [2.45, 2.75) is 12.8 Å². The topological polar surface area (TPSA) is 54.6 Å². The van der Waals surface area contributed by atoms with E-state index in [1.54, 1.807) is 6.33 Å². The number of rotatable bonds is 3. The van der Waals surface area contributed by atoms with E-state index >= 15 is 0 Å². The number of hydrogen-bond acceptors (Lipinski definition) is 2. The lowest BCUT2D eigenvalue weighted by molar-refractivity contribution is -0.136. The van der Waals surface area contributed by atoms with Gasteiger partial charge in [-0.05, 0) is 34.5 Å². The summed E-state index contributed by atoms with van der Waals surface area (Å²) in [5.41, 5.74) is 1.91. The van der Waals surface area contributed by atoms with Gasteiger partial charge in [0, 0.05) is 5.69 Å². The Balaban J connectivity index is 2.38. The van der Waals surface area contributed by atoms with Gasteiger partial charge < -0.3 is 9.51 Å². The average Bonchev–Trinajstić information content (AvgIpc) is 2.58. The summed E-state index contributed by atoms with van der Waals surface area (Å²) >= 11 is 3.33. The zero-order valence-electron chi connectivity index (χ0n) is 7.85. The van der Waals surface area contributed by atoms with E-state index in [9.17, 15) is 4.79 Å². The molecule has 0 saturated carbocycles. The van der Waals surface area contributed by atoms with E-state index in [1.807, 2.05) is 22.6 Å². The smallest absolute Gasteiger partial charge is 0.303 e. The molecule has 0 spiro atoms. The molecule has 0 atom stereocenters. The van der Waals surface area contributed by atoms with E-state index < -0.39 is 5.97 Å². The minimum absolute atomic E-state index is 0.134. The molecule has 0 aliphatic carbocycles. The van der Waals surface area contributed by atoms with Gasteiger partial charge in [-0.3, -0.25) is 4.79 Å². The second-order valence-electron chi connectivity index (χ2n) is 3.20. The Kier molecular flexibility index (Phi) is 2.73. The van der Waals surface area contributed by atoms with Crippen LogP contribution < -0.4 is 0 Å². The van der Waals surface area contributed by atoms with Crippen molar-refractivity contribution in [2.75, 3.05) is 0 Å². The van der Waals surface area contributed by atoms with Crippen LogP contribution >= 0.6 is 15.9 Å². The molecule has 15 heavy (non-hydrogen) atoms. The fraction of sp³-hybridized carbons (Fsp3) is 0.200. The van der Waals surface area contributed by atoms with E-state index in [0.717, 1.165) is 15.8 Å². The lowest BCUT2D eigenvalue weighted by atomic mass is 10.2.